The molecule has 0 spiro atoms. The van der Waals surface area contributed by atoms with Crippen LogP contribution in [0.3, 0.4) is 0 Å². The van der Waals surface area contributed by atoms with Gasteiger partial charge in [-0.1, -0.05) is 30.3 Å². The van der Waals surface area contributed by atoms with Crippen LogP contribution in [0.2, 0.25) is 0 Å². The van der Waals surface area contributed by atoms with Crippen molar-refractivity contribution in [1.29, 1.82) is 0 Å². The summed E-state index contributed by atoms with van der Waals surface area (Å²) in [6.45, 7) is 0.486. The number of hydrogen-bond acceptors (Lipinski definition) is 7. The average Bonchev–Trinajstić information content (AvgIpc) is 3.19. The van der Waals surface area contributed by atoms with Crippen molar-refractivity contribution in [2.75, 3.05) is 18.1 Å². The summed E-state index contributed by atoms with van der Waals surface area (Å²) in [7, 11) is 0. The fourth-order valence-corrected chi connectivity index (χ4v) is 3.95. The summed E-state index contributed by atoms with van der Waals surface area (Å²) in [4.78, 5) is 24.7. The Morgan fingerprint density at radius 3 is 2.34 bits per heavy atom. The third-order valence-electron chi connectivity index (χ3n) is 5.72. The minimum atomic E-state index is -0.429. The first-order chi connectivity index (χ1) is 16.8. The largest absolute Gasteiger partial charge is 0.504 e. The van der Waals surface area contributed by atoms with Gasteiger partial charge in [-0.05, 0) is 36.2 Å². The molecule has 0 saturated heterocycles. The van der Waals surface area contributed by atoms with E-state index in [-0.39, 0.29) is 34.9 Å². The van der Waals surface area contributed by atoms with Crippen LogP contribution in [-0.2, 0) is 17.6 Å². The van der Waals surface area contributed by atoms with E-state index in [1.165, 1.54) is 17.7 Å². The SMILES string of the molecule is NC(=O)CCCc1oc2cc(OCCc3ccccc3)ccc2c1C(=O)c1cc(N)c(O)c(N)c1. The zero-order chi connectivity index (χ0) is 24.9. The first-order valence-electron chi connectivity index (χ1n) is 11.3. The van der Waals surface area contributed by atoms with E-state index in [0.29, 0.717) is 47.5 Å². The first kappa shape index (κ1) is 23.7. The van der Waals surface area contributed by atoms with Gasteiger partial charge in [0.2, 0.25) is 5.91 Å². The number of phenols is 1. The minimum Gasteiger partial charge on any atom is -0.504 e. The van der Waals surface area contributed by atoms with E-state index in [0.717, 1.165) is 6.42 Å². The Morgan fingerprint density at radius 1 is 0.943 bits per heavy atom. The van der Waals surface area contributed by atoms with Gasteiger partial charge in [-0.15, -0.1) is 0 Å². The van der Waals surface area contributed by atoms with Crippen LogP contribution in [0.1, 0.15) is 40.1 Å². The quantitative estimate of drug-likeness (QED) is 0.154. The van der Waals surface area contributed by atoms with E-state index in [9.17, 15) is 14.7 Å². The van der Waals surface area contributed by atoms with Gasteiger partial charge in [0.15, 0.2) is 11.5 Å². The van der Waals surface area contributed by atoms with E-state index in [4.69, 9.17) is 26.4 Å². The van der Waals surface area contributed by atoms with E-state index in [2.05, 4.69) is 0 Å². The number of nitrogens with two attached hydrogens (primary N) is 3. The standard InChI is InChI=1S/C27H27N3O5/c28-20-13-17(14-21(29)27(20)33)26(32)25-19-10-9-18(34-12-11-16-5-2-1-3-6-16)15-23(19)35-22(25)7-4-8-24(30)31/h1-3,5-6,9-10,13-15,33H,4,7-8,11-12,28-29H2,(H2,30,31). The van der Waals surface area contributed by atoms with Crippen LogP contribution >= 0.6 is 0 Å². The van der Waals surface area contributed by atoms with Crippen molar-refractivity contribution in [3.8, 4) is 11.5 Å². The maximum atomic E-state index is 13.5. The van der Waals surface area contributed by atoms with Crippen LogP contribution in [0.4, 0.5) is 11.4 Å². The fraction of sp³-hybridized carbons (Fsp3) is 0.185. The Balaban J connectivity index is 1.64. The van der Waals surface area contributed by atoms with Gasteiger partial charge < -0.3 is 31.5 Å². The smallest absolute Gasteiger partial charge is 0.217 e. The lowest BCUT2D eigenvalue weighted by Gasteiger charge is -2.08. The summed E-state index contributed by atoms with van der Waals surface area (Å²) < 4.78 is 12.0. The summed E-state index contributed by atoms with van der Waals surface area (Å²) in [5.41, 5.74) is 19.1. The van der Waals surface area contributed by atoms with Crippen molar-refractivity contribution < 1.29 is 23.8 Å². The highest BCUT2D eigenvalue weighted by Gasteiger charge is 2.24. The lowest BCUT2D eigenvalue weighted by atomic mass is 9.97. The molecule has 1 heterocycles. The van der Waals surface area contributed by atoms with Gasteiger partial charge in [0.05, 0.1) is 23.5 Å². The van der Waals surface area contributed by atoms with E-state index in [1.54, 1.807) is 18.2 Å². The van der Waals surface area contributed by atoms with Gasteiger partial charge in [0.25, 0.3) is 0 Å². The number of nitrogen functional groups attached to an aromatic ring is 2. The second-order valence-corrected chi connectivity index (χ2v) is 8.29. The molecule has 7 N–H and O–H groups in total. The van der Waals surface area contributed by atoms with Crippen LogP contribution < -0.4 is 21.9 Å². The normalized spacial score (nSPS) is 11.0. The van der Waals surface area contributed by atoms with E-state index < -0.39 is 5.91 Å². The highest BCUT2D eigenvalue weighted by molar-refractivity contribution is 6.17. The number of amides is 1. The molecule has 0 aliphatic carbocycles. The zero-order valence-corrected chi connectivity index (χ0v) is 19.1. The fourth-order valence-electron chi connectivity index (χ4n) is 3.95. The van der Waals surface area contributed by atoms with E-state index in [1.807, 2.05) is 30.3 Å². The Hall–Kier alpha value is -4.46. The van der Waals surface area contributed by atoms with Crippen molar-refractivity contribution in [2.45, 2.75) is 25.7 Å². The summed E-state index contributed by atoms with van der Waals surface area (Å²) in [6, 6.07) is 18.1. The molecule has 0 unspecified atom stereocenters. The topological polar surface area (TPSA) is 155 Å². The third-order valence-corrected chi connectivity index (χ3v) is 5.72. The number of aromatic hydroxyl groups is 1. The minimum absolute atomic E-state index is 0.00512. The molecule has 1 amide bonds. The molecule has 0 bridgehead atoms. The number of carbonyl (C=O) groups excluding carboxylic acids is 2. The Kier molecular flexibility index (Phi) is 6.91. The molecule has 1 aromatic heterocycles. The van der Waals surface area contributed by atoms with Gasteiger partial charge in [0.1, 0.15) is 17.1 Å². The number of aryl methyl sites for hydroxylation is 1. The number of rotatable bonds is 10. The molecule has 8 heteroatoms. The Bertz CT molecular complexity index is 1360. The molecular weight excluding hydrogens is 446 g/mol. The van der Waals surface area contributed by atoms with Gasteiger partial charge in [-0.25, -0.2) is 0 Å². The van der Waals surface area contributed by atoms with Crippen molar-refractivity contribution in [1.82, 2.24) is 0 Å². The maximum absolute atomic E-state index is 13.5. The molecule has 0 fully saturated rings. The summed E-state index contributed by atoms with van der Waals surface area (Å²) >= 11 is 0. The monoisotopic (exact) mass is 473 g/mol. The molecule has 0 aliphatic rings. The molecule has 0 atom stereocenters. The number of fused-ring (bicyclic) bond motifs is 1. The van der Waals surface area contributed by atoms with Crippen molar-refractivity contribution in [3.63, 3.8) is 0 Å². The molecule has 180 valence electrons. The number of phenolic OH excluding ortho intramolecular Hbond substituents is 1. The molecule has 0 aliphatic heterocycles. The number of anilines is 2. The number of hydrogen-bond donors (Lipinski definition) is 4. The second kappa shape index (κ2) is 10.2. The van der Waals surface area contributed by atoms with Crippen LogP contribution in [-0.4, -0.2) is 23.4 Å². The van der Waals surface area contributed by atoms with Crippen LogP contribution in [0.15, 0.2) is 65.1 Å². The molecular formula is C27H27N3O5. The molecule has 3 aromatic carbocycles. The maximum Gasteiger partial charge on any atom is 0.217 e. The molecule has 0 saturated carbocycles. The molecule has 8 nitrogen and oxygen atoms in total. The van der Waals surface area contributed by atoms with Crippen LogP contribution in [0.25, 0.3) is 11.0 Å². The summed E-state index contributed by atoms with van der Waals surface area (Å²) in [5, 5.41) is 10.5. The predicted molar refractivity (Wildman–Crippen MR) is 134 cm³/mol. The van der Waals surface area contributed by atoms with Crippen molar-refractivity contribution in [3.05, 3.63) is 83.1 Å². The van der Waals surface area contributed by atoms with Gasteiger partial charge >= 0.3 is 0 Å². The number of furan rings is 1. The second-order valence-electron chi connectivity index (χ2n) is 8.29. The number of ketones is 1. The van der Waals surface area contributed by atoms with Gasteiger partial charge in [-0.2, -0.15) is 0 Å². The summed E-state index contributed by atoms with van der Waals surface area (Å²) in [5.74, 6) is -0.00499. The highest BCUT2D eigenvalue weighted by Crippen LogP contribution is 2.35. The first-order valence-corrected chi connectivity index (χ1v) is 11.3. The van der Waals surface area contributed by atoms with Gasteiger partial charge in [-0.3, -0.25) is 9.59 Å². The molecule has 4 rings (SSSR count). The lowest BCUT2D eigenvalue weighted by Crippen LogP contribution is -2.11. The van der Waals surface area contributed by atoms with E-state index >= 15 is 0 Å². The molecule has 4 aromatic rings. The summed E-state index contributed by atoms with van der Waals surface area (Å²) in [6.07, 6.45) is 1.68. The average molecular weight is 474 g/mol. The van der Waals surface area contributed by atoms with Gasteiger partial charge in [0, 0.05) is 36.3 Å². The highest BCUT2D eigenvalue weighted by atomic mass is 16.5. The third kappa shape index (κ3) is 5.38. The number of ether oxygens (including phenoxy) is 1. The molecule has 35 heavy (non-hydrogen) atoms. The number of carbonyl (C=O) groups is 2. The number of primary amides is 1. The van der Waals surface area contributed by atoms with Crippen molar-refractivity contribution in [2.24, 2.45) is 5.73 Å². The predicted octanol–water partition coefficient (Wildman–Crippen LogP) is 3.96. The van der Waals surface area contributed by atoms with Crippen LogP contribution in [0.5, 0.6) is 11.5 Å². The Morgan fingerprint density at radius 2 is 1.66 bits per heavy atom. The number of benzene rings is 3. The van der Waals surface area contributed by atoms with Crippen LogP contribution in [0, 0.1) is 0 Å². The molecule has 0 radical (unpaired) electrons. The Labute approximate surface area is 202 Å². The zero-order valence-electron chi connectivity index (χ0n) is 19.1. The van der Waals surface area contributed by atoms with Crippen molar-refractivity contribution >= 4 is 34.0 Å². The lowest BCUT2D eigenvalue weighted by molar-refractivity contribution is -0.118.